The van der Waals surface area contributed by atoms with Crippen molar-refractivity contribution in [1.29, 1.82) is 0 Å². The topological polar surface area (TPSA) is 88.9 Å². The first kappa shape index (κ1) is 23.4. The lowest BCUT2D eigenvalue weighted by Gasteiger charge is -2.30. The van der Waals surface area contributed by atoms with E-state index in [1.54, 1.807) is 0 Å². The molecular formula is C27H32N6O2. The molecule has 5 rings (SSSR count). The molecule has 1 N–H and O–H groups in total. The second-order valence-corrected chi connectivity index (χ2v) is 9.38. The standard InChI is InChI=1S/C27H32N6O2/c1-3-25(26-29-30-31-33(26)18-23-10-7-13-35-23)32(16-20-8-5-4-6-9-20)17-22-15-21-14-19(2)11-12-24(21)28-27(22)34/h4-6,8-9,11-12,14-15,23,25H,3,7,10,13,16-18H2,1-2H3,(H,28,34). The molecule has 0 bridgehead atoms. The molecule has 3 heterocycles. The zero-order valence-electron chi connectivity index (χ0n) is 20.4. The van der Waals surface area contributed by atoms with Gasteiger partial charge < -0.3 is 9.72 Å². The van der Waals surface area contributed by atoms with Crippen LogP contribution < -0.4 is 5.56 Å². The molecule has 1 saturated heterocycles. The van der Waals surface area contributed by atoms with Gasteiger partial charge in [-0.15, -0.1) is 5.10 Å². The summed E-state index contributed by atoms with van der Waals surface area (Å²) in [5.74, 6) is 0.812. The van der Waals surface area contributed by atoms with Gasteiger partial charge >= 0.3 is 0 Å². The summed E-state index contributed by atoms with van der Waals surface area (Å²) in [5, 5.41) is 13.8. The second kappa shape index (κ2) is 10.5. The zero-order chi connectivity index (χ0) is 24.2. The average Bonchev–Trinajstić information content (AvgIpc) is 3.54. The molecule has 0 radical (unpaired) electrons. The number of tetrazole rings is 1. The van der Waals surface area contributed by atoms with Gasteiger partial charge in [-0.1, -0.05) is 48.9 Å². The fraction of sp³-hybridized carbons (Fsp3) is 0.407. The third-order valence-electron chi connectivity index (χ3n) is 6.76. The van der Waals surface area contributed by atoms with Gasteiger partial charge in [0.05, 0.1) is 18.7 Å². The van der Waals surface area contributed by atoms with Crippen LogP contribution >= 0.6 is 0 Å². The highest BCUT2D eigenvalue weighted by Crippen LogP contribution is 2.27. The van der Waals surface area contributed by atoms with Gasteiger partial charge in [0, 0.05) is 30.8 Å². The smallest absolute Gasteiger partial charge is 0.252 e. The summed E-state index contributed by atoms with van der Waals surface area (Å²) in [6.07, 6.45) is 3.05. The van der Waals surface area contributed by atoms with E-state index < -0.39 is 0 Å². The van der Waals surface area contributed by atoms with Crippen LogP contribution in [0.25, 0.3) is 10.9 Å². The second-order valence-electron chi connectivity index (χ2n) is 9.38. The fourth-order valence-corrected chi connectivity index (χ4v) is 4.97. The van der Waals surface area contributed by atoms with E-state index in [1.807, 2.05) is 41.1 Å². The molecule has 2 atom stereocenters. The first-order valence-electron chi connectivity index (χ1n) is 12.4. The maximum atomic E-state index is 13.1. The Bertz CT molecular complexity index is 1330. The molecule has 35 heavy (non-hydrogen) atoms. The molecular weight excluding hydrogens is 440 g/mol. The number of hydrogen-bond acceptors (Lipinski definition) is 6. The van der Waals surface area contributed by atoms with Crippen LogP contribution in [0.1, 0.15) is 54.7 Å². The number of nitrogens with one attached hydrogen (secondary N) is 1. The molecule has 0 aliphatic carbocycles. The van der Waals surface area contributed by atoms with Crippen LogP contribution in [-0.2, 0) is 24.4 Å². The molecule has 0 saturated carbocycles. The van der Waals surface area contributed by atoms with Gasteiger partial charge in [0.1, 0.15) is 0 Å². The molecule has 2 aromatic carbocycles. The molecule has 8 heteroatoms. The van der Waals surface area contributed by atoms with E-state index in [0.717, 1.165) is 53.7 Å². The SMILES string of the molecule is CCC(c1nnnn1CC1CCCO1)N(Cc1ccccc1)Cc1cc2cc(C)ccc2[nH]c1=O. The van der Waals surface area contributed by atoms with Crippen molar-refractivity contribution in [2.75, 3.05) is 6.61 Å². The molecule has 1 aliphatic heterocycles. The first-order chi connectivity index (χ1) is 17.1. The number of hydrogen-bond donors (Lipinski definition) is 1. The van der Waals surface area contributed by atoms with E-state index in [1.165, 1.54) is 5.56 Å². The monoisotopic (exact) mass is 472 g/mol. The number of benzene rings is 2. The average molecular weight is 473 g/mol. The first-order valence-corrected chi connectivity index (χ1v) is 12.4. The minimum atomic E-state index is -0.0618. The number of aromatic nitrogens is 5. The normalized spacial score (nSPS) is 16.8. The van der Waals surface area contributed by atoms with Crippen LogP contribution in [0.15, 0.2) is 59.4 Å². The zero-order valence-corrected chi connectivity index (χ0v) is 20.4. The van der Waals surface area contributed by atoms with Gasteiger partial charge in [0.25, 0.3) is 5.56 Å². The molecule has 2 aromatic heterocycles. The molecule has 1 fully saturated rings. The van der Waals surface area contributed by atoms with Crippen molar-refractivity contribution >= 4 is 10.9 Å². The Labute approximate surface area is 204 Å². The van der Waals surface area contributed by atoms with Gasteiger partial charge in [-0.05, 0) is 65.8 Å². The molecule has 2 unspecified atom stereocenters. The van der Waals surface area contributed by atoms with Gasteiger partial charge in [0.15, 0.2) is 5.82 Å². The maximum absolute atomic E-state index is 13.1. The van der Waals surface area contributed by atoms with Crippen molar-refractivity contribution in [2.45, 2.75) is 64.9 Å². The van der Waals surface area contributed by atoms with Crippen LogP contribution in [-0.4, -0.2) is 42.8 Å². The summed E-state index contributed by atoms with van der Waals surface area (Å²) in [6, 6.07) is 18.4. The van der Waals surface area contributed by atoms with Crippen LogP contribution in [0, 0.1) is 6.92 Å². The lowest BCUT2D eigenvalue weighted by Crippen LogP contribution is -2.33. The Morgan fingerprint density at radius 1 is 1.17 bits per heavy atom. The van der Waals surface area contributed by atoms with Crippen molar-refractivity contribution in [3.8, 4) is 0 Å². The number of rotatable bonds is 9. The van der Waals surface area contributed by atoms with Gasteiger partial charge in [-0.3, -0.25) is 9.69 Å². The Hall–Kier alpha value is -3.36. The van der Waals surface area contributed by atoms with Crippen molar-refractivity contribution in [2.24, 2.45) is 0 Å². The van der Waals surface area contributed by atoms with E-state index in [2.05, 4.69) is 57.5 Å². The lowest BCUT2D eigenvalue weighted by atomic mass is 10.1. The molecule has 0 spiro atoms. The number of fused-ring (bicyclic) bond motifs is 1. The molecule has 0 amide bonds. The number of aromatic amines is 1. The minimum Gasteiger partial charge on any atom is -0.376 e. The van der Waals surface area contributed by atoms with Crippen molar-refractivity contribution < 1.29 is 4.74 Å². The van der Waals surface area contributed by atoms with Gasteiger partial charge in [-0.25, -0.2) is 4.68 Å². The van der Waals surface area contributed by atoms with Crippen LogP contribution in [0.4, 0.5) is 0 Å². The summed E-state index contributed by atoms with van der Waals surface area (Å²) in [7, 11) is 0. The molecule has 8 nitrogen and oxygen atoms in total. The number of aryl methyl sites for hydroxylation is 1. The predicted octanol–water partition coefficient (Wildman–Crippen LogP) is 4.16. The summed E-state index contributed by atoms with van der Waals surface area (Å²) in [5.41, 5.74) is 3.86. The lowest BCUT2D eigenvalue weighted by molar-refractivity contribution is 0.0888. The summed E-state index contributed by atoms with van der Waals surface area (Å²) >= 11 is 0. The van der Waals surface area contributed by atoms with Crippen molar-refractivity contribution in [3.05, 3.63) is 87.5 Å². The quantitative estimate of drug-likeness (QED) is 0.394. The van der Waals surface area contributed by atoms with Crippen molar-refractivity contribution in [1.82, 2.24) is 30.1 Å². The van der Waals surface area contributed by atoms with Gasteiger partial charge in [0.2, 0.25) is 0 Å². The third kappa shape index (κ3) is 5.33. The van der Waals surface area contributed by atoms with E-state index in [4.69, 9.17) is 4.74 Å². The molecule has 4 aromatic rings. The molecule has 1 aliphatic rings. The number of H-pyrrole nitrogens is 1. The number of pyridine rings is 1. The predicted molar refractivity (Wildman–Crippen MR) is 135 cm³/mol. The summed E-state index contributed by atoms with van der Waals surface area (Å²) < 4.78 is 7.72. The summed E-state index contributed by atoms with van der Waals surface area (Å²) in [6.45, 7) is 6.81. The van der Waals surface area contributed by atoms with E-state index in [9.17, 15) is 4.79 Å². The fourth-order valence-electron chi connectivity index (χ4n) is 4.97. The largest absolute Gasteiger partial charge is 0.376 e. The summed E-state index contributed by atoms with van der Waals surface area (Å²) in [4.78, 5) is 18.4. The highest BCUT2D eigenvalue weighted by molar-refractivity contribution is 5.79. The van der Waals surface area contributed by atoms with Crippen LogP contribution in [0.2, 0.25) is 0 Å². The van der Waals surface area contributed by atoms with E-state index in [0.29, 0.717) is 19.6 Å². The Balaban J connectivity index is 1.50. The third-order valence-corrected chi connectivity index (χ3v) is 6.76. The highest BCUT2D eigenvalue weighted by Gasteiger charge is 2.28. The Kier molecular flexibility index (Phi) is 7.01. The Morgan fingerprint density at radius 2 is 2.03 bits per heavy atom. The van der Waals surface area contributed by atoms with Gasteiger partial charge in [-0.2, -0.15) is 0 Å². The number of ether oxygens (including phenoxy) is 1. The Morgan fingerprint density at radius 3 is 2.80 bits per heavy atom. The number of nitrogens with zero attached hydrogens (tertiary/aromatic N) is 5. The van der Waals surface area contributed by atoms with E-state index in [-0.39, 0.29) is 17.7 Å². The van der Waals surface area contributed by atoms with Crippen LogP contribution in [0.3, 0.4) is 0 Å². The highest BCUT2D eigenvalue weighted by atomic mass is 16.5. The molecule has 182 valence electrons. The van der Waals surface area contributed by atoms with Crippen LogP contribution in [0.5, 0.6) is 0 Å². The van der Waals surface area contributed by atoms with Crippen molar-refractivity contribution in [3.63, 3.8) is 0 Å². The minimum absolute atomic E-state index is 0.0563. The maximum Gasteiger partial charge on any atom is 0.252 e. The van der Waals surface area contributed by atoms with E-state index >= 15 is 0 Å².